The predicted octanol–water partition coefficient (Wildman–Crippen LogP) is 2.01. The van der Waals surface area contributed by atoms with Crippen LogP contribution in [0.15, 0.2) is 35.2 Å². The number of benzene rings is 1. The summed E-state index contributed by atoms with van der Waals surface area (Å²) in [5, 5.41) is 2.80. The van der Waals surface area contributed by atoms with Crippen molar-refractivity contribution in [3.63, 3.8) is 0 Å². The monoisotopic (exact) mass is 380 g/mol. The third-order valence-corrected chi connectivity index (χ3v) is 6.52. The Bertz CT molecular complexity index is 785. The first-order valence-corrected chi connectivity index (χ1v) is 10.2. The molecule has 142 valence electrons. The number of allylic oxidation sites excluding steroid dienone is 2. The van der Waals surface area contributed by atoms with E-state index in [9.17, 15) is 13.2 Å². The second-order valence-corrected chi connectivity index (χ2v) is 8.31. The molecule has 8 heteroatoms. The number of morpholine rings is 1. The van der Waals surface area contributed by atoms with Gasteiger partial charge in [-0.05, 0) is 37.0 Å². The third kappa shape index (κ3) is 4.25. The Balaban J connectivity index is 1.79. The Morgan fingerprint density at radius 1 is 1.35 bits per heavy atom. The molecule has 1 fully saturated rings. The topological polar surface area (TPSA) is 84.9 Å². The molecule has 26 heavy (non-hydrogen) atoms. The Kier molecular flexibility index (Phi) is 5.95. The lowest BCUT2D eigenvalue weighted by Crippen LogP contribution is -2.40. The lowest BCUT2D eigenvalue weighted by molar-refractivity contribution is -0.116. The van der Waals surface area contributed by atoms with Gasteiger partial charge in [0.05, 0.1) is 20.3 Å². The van der Waals surface area contributed by atoms with E-state index in [1.54, 1.807) is 12.1 Å². The van der Waals surface area contributed by atoms with Crippen LogP contribution in [0.2, 0.25) is 0 Å². The zero-order valence-electron chi connectivity index (χ0n) is 14.8. The van der Waals surface area contributed by atoms with Gasteiger partial charge in [0, 0.05) is 25.2 Å². The molecule has 1 amide bonds. The number of nitrogens with one attached hydrogen (secondary N) is 1. The molecule has 1 N–H and O–H groups in total. The molecule has 3 rings (SSSR count). The average Bonchev–Trinajstić information content (AvgIpc) is 3.15. The standard InChI is InChI=1S/C18H24N2O5S/c1-24-16-7-6-15(19-18(21)12-14-4-2-3-5-14)13-17(16)26(22,23)20-8-10-25-11-9-20/h2,4,6-7,13-14H,3,5,8-12H2,1H3,(H,19,21). The first kappa shape index (κ1) is 18.9. The van der Waals surface area contributed by atoms with E-state index in [1.807, 2.05) is 0 Å². The number of sulfonamides is 1. The van der Waals surface area contributed by atoms with Crippen LogP contribution in [0.1, 0.15) is 19.3 Å². The molecule has 0 aromatic heterocycles. The molecule has 1 heterocycles. The molecule has 1 unspecified atom stereocenters. The van der Waals surface area contributed by atoms with Crippen LogP contribution >= 0.6 is 0 Å². The van der Waals surface area contributed by atoms with Gasteiger partial charge in [-0.3, -0.25) is 4.79 Å². The first-order valence-electron chi connectivity index (χ1n) is 8.73. The normalized spacial score (nSPS) is 20.9. The molecular formula is C18H24N2O5S. The van der Waals surface area contributed by atoms with Crippen molar-refractivity contribution in [1.29, 1.82) is 0 Å². The smallest absolute Gasteiger partial charge is 0.246 e. The van der Waals surface area contributed by atoms with Gasteiger partial charge < -0.3 is 14.8 Å². The summed E-state index contributed by atoms with van der Waals surface area (Å²) < 4.78 is 37.7. The SMILES string of the molecule is COc1ccc(NC(=O)CC2C=CCC2)cc1S(=O)(=O)N1CCOCC1. The zero-order valence-corrected chi connectivity index (χ0v) is 15.6. The van der Waals surface area contributed by atoms with Crippen molar-refractivity contribution in [3.05, 3.63) is 30.4 Å². The largest absolute Gasteiger partial charge is 0.495 e. The number of anilines is 1. The molecular weight excluding hydrogens is 356 g/mol. The highest BCUT2D eigenvalue weighted by molar-refractivity contribution is 7.89. The fourth-order valence-electron chi connectivity index (χ4n) is 3.20. The van der Waals surface area contributed by atoms with E-state index in [0.29, 0.717) is 38.4 Å². The molecule has 1 aromatic rings. The van der Waals surface area contributed by atoms with Gasteiger partial charge >= 0.3 is 0 Å². The van der Waals surface area contributed by atoms with Crippen molar-refractivity contribution in [1.82, 2.24) is 4.31 Å². The molecule has 1 aliphatic carbocycles. The maximum Gasteiger partial charge on any atom is 0.246 e. The van der Waals surface area contributed by atoms with Crippen molar-refractivity contribution < 1.29 is 22.7 Å². The van der Waals surface area contributed by atoms with E-state index in [0.717, 1.165) is 12.8 Å². The molecule has 0 spiro atoms. The summed E-state index contributed by atoms with van der Waals surface area (Å²) in [6, 6.07) is 4.68. The molecule has 1 atom stereocenters. The second kappa shape index (κ2) is 8.20. The van der Waals surface area contributed by atoms with Gasteiger partial charge in [0.1, 0.15) is 10.6 Å². The molecule has 0 radical (unpaired) electrons. The fraction of sp³-hybridized carbons (Fsp3) is 0.500. The summed E-state index contributed by atoms with van der Waals surface area (Å²) >= 11 is 0. The molecule has 0 bridgehead atoms. The minimum Gasteiger partial charge on any atom is -0.495 e. The highest BCUT2D eigenvalue weighted by Gasteiger charge is 2.29. The lowest BCUT2D eigenvalue weighted by Gasteiger charge is -2.26. The number of hydrogen-bond acceptors (Lipinski definition) is 5. The van der Waals surface area contributed by atoms with Gasteiger partial charge in [-0.2, -0.15) is 4.31 Å². The predicted molar refractivity (Wildman–Crippen MR) is 97.7 cm³/mol. The number of methoxy groups -OCH3 is 1. The minimum atomic E-state index is -3.72. The van der Waals surface area contributed by atoms with Crippen molar-refractivity contribution in [3.8, 4) is 5.75 Å². The highest BCUT2D eigenvalue weighted by atomic mass is 32.2. The maximum atomic E-state index is 13.0. The number of ether oxygens (including phenoxy) is 2. The van der Waals surface area contributed by atoms with Crippen molar-refractivity contribution in [2.24, 2.45) is 5.92 Å². The average molecular weight is 380 g/mol. The highest BCUT2D eigenvalue weighted by Crippen LogP contribution is 2.30. The number of rotatable bonds is 6. The van der Waals surface area contributed by atoms with Crippen molar-refractivity contribution in [2.75, 3.05) is 38.7 Å². The summed E-state index contributed by atoms with van der Waals surface area (Å²) in [5.74, 6) is 0.388. The maximum absolute atomic E-state index is 13.0. The molecule has 0 saturated carbocycles. The van der Waals surface area contributed by atoms with Gasteiger partial charge in [-0.15, -0.1) is 0 Å². The second-order valence-electron chi connectivity index (χ2n) is 6.40. The number of hydrogen-bond donors (Lipinski definition) is 1. The minimum absolute atomic E-state index is 0.0560. The van der Waals surface area contributed by atoms with Crippen LogP contribution < -0.4 is 10.1 Å². The van der Waals surface area contributed by atoms with Gasteiger partial charge in [0.25, 0.3) is 0 Å². The summed E-state index contributed by atoms with van der Waals surface area (Å²) in [6.07, 6.45) is 6.52. The van der Waals surface area contributed by atoms with Gasteiger partial charge in [-0.25, -0.2) is 8.42 Å². The van der Waals surface area contributed by atoms with E-state index in [4.69, 9.17) is 9.47 Å². The van der Waals surface area contributed by atoms with E-state index < -0.39 is 10.0 Å². The van der Waals surface area contributed by atoms with Crippen LogP contribution in [0.3, 0.4) is 0 Å². The molecule has 7 nitrogen and oxygen atoms in total. The molecule has 2 aliphatic rings. The van der Waals surface area contributed by atoms with Crippen LogP contribution in [-0.2, 0) is 19.6 Å². The quantitative estimate of drug-likeness (QED) is 0.763. The zero-order chi connectivity index (χ0) is 18.6. The Hall–Kier alpha value is -1.90. The van der Waals surface area contributed by atoms with Crippen LogP contribution in [-0.4, -0.2) is 52.0 Å². The van der Waals surface area contributed by atoms with Crippen LogP contribution in [0.25, 0.3) is 0 Å². The Labute approximate surface area is 154 Å². The molecule has 1 aliphatic heterocycles. The summed E-state index contributed by atoms with van der Waals surface area (Å²) in [4.78, 5) is 12.3. The van der Waals surface area contributed by atoms with Crippen molar-refractivity contribution >= 4 is 21.6 Å². The molecule has 1 saturated heterocycles. The Morgan fingerprint density at radius 3 is 2.77 bits per heavy atom. The summed E-state index contributed by atoms with van der Waals surface area (Å²) in [5.41, 5.74) is 0.449. The van der Waals surface area contributed by atoms with Gasteiger partial charge in [0.15, 0.2) is 0 Å². The van der Waals surface area contributed by atoms with E-state index in [-0.39, 0.29) is 22.5 Å². The number of nitrogens with zero attached hydrogens (tertiary/aromatic N) is 1. The Morgan fingerprint density at radius 2 is 2.12 bits per heavy atom. The van der Waals surface area contributed by atoms with Crippen LogP contribution in [0.4, 0.5) is 5.69 Å². The summed E-state index contributed by atoms with van der Waals surface area (Å²) in [6.45, 7) is 1.34. The van der Waals surface area contributed by atoms with Crippen LogP contribution in [0, 0.1) is 5.92 Å². The van der Waals surface area contributed by atoms with E-state index in [1.165, 1.54) is 17.5 Å². The third-order valence-electron chi connectivity index (χ3n) is 4.60. The summed E-state index contributed by atoms with van der Waals surface area (Å²) in [7, 11) is -2.29. The first-order chi connectivity index (χ1) is 12.5. The number of carbonyl (C=O) groups is 1. The molecule has 1 aromatic carbocycles. The number of carbonyl (C=O) groups excluding carboxylic acids is 1. The van der Waals surface area contributed by atoms with Gasteiger partial charge in [-0.1, -0.05) is 12.2 Å². The fourth-order valence-corrected chi connectivity index (χ4v) is 4.79. The van der Waals surface area contributed by atoms with Gasteiger partial charge in [0.2, 0.25) is 15.9 Å². The van der Waals surface area contributed by atoms with E-state index >= 15 is 0 Å². The van der Waals surface area contributed by atoms with Crippen molar-refractivity contribution in [2.45, 2.75) is 24.2 Å². The van der Waals surface area contributed by atoms with E-state index in [2.05, 4.69) is 17.5 Å². The number of amides is 1. The van der Waals surface area contributed by atoms with Crippen LogP contribution in [0.5, 0.6) is 5.75 Å². The lowest BCUT2D eigenvalue weighted by atomic mass is 10.1.